The van der Waals surface area contributed by atoms with Crippen LogP contribution in [0.25, 0.3) is 0 Å². The standard InChI is InChI=1S/C11H11ClN2O2/c1-7(2)16-11(15)14-10-5-9(12)4-3-8(10)6-13/h3-5,7H,1-2H3,(H,14,15). The Morgan fingerprint density at radius 3 is 2.81 bits per heavy atom. The van der Waals surface area contributed by atoms with Crippen LogP contribution in [0.3, 0.4) is 0 Å². The van der Waals surface area contributed by atoms with Gasteiger partial charge in [0.05, 0.1) is 17.4 Å². The van der Waals surface area contributed by atoms with E-state index in [0.29, 0.717) is 16.3 Å². The van der Waals surface area contributed by atoms with Gasteiger partial charge in [-0.2, -0.15) is 5.26 Å². The van der Waals surface area contributed by atoms with Crippen molar-refractivity contribution in [2.45, 2.75) is 20.0 Å². The molecule has 16 heavy (non-hydrogen) atoms. The van der Waals surface area contributed by atoms with Crippen molar-refractivity contribution in [1.82, 2.24) is 0 Å². The van der Waals surface area contributed by atoms with E-state index in [0.717, 1.165) is 0 Å². The SMILES string of the molecule is CC(C)OC(=O)Nc1cc(Cl)ccc1C#N. The number of nitrogens with zero attached hydrogens (tertiary/aromatic N) is 1. The second kappa shape index (κ2) is 5.38. The lowest BCUT2D eigenvalue weighted by atomic mass is 10.2. The number of anilines is 1. The van der Waals surface area contributed by atoms with Crippen molar-refractivity contribution in [1.29, 1.82) is 5.26 Å². The highest BCUT2D eigenvalue weighted by Crippen LogP contribution is 2.20. The van der Waals surface area contributed by atoms with E-state index in [1.807, 2.05) is 6.07 Å². The number of nitriles is 1. The van der Waals surface area contributed by atoms with E-state index in [4.69, 9.17) is 21.6 Å². The molecule has 0 aliphatic rings. The molecular weight excluding hydrogens is 228 g/mol. The predicted octanol–water partition coefficient (Wildman–Crippen LogP) is 3.17. The summed E-state index contributed by atoms with van der Waals surface area (Å²) in [7, 11) is 0. The van der Waals surface area contributed by atoms with Crippen LogP contribution in [-0.2, 0) is 4.74 Å². The first kappa shape index (κ1) is 12.3. The van der Waals surface area contributed by atoms with Gasteiger partial charge in [-0.3, -0.25) is 5.32 Å². The Morgan fingerprint density at radius 2 is 2.25 bits per heavy atom. The lowest BCUT2D eigenvalue weighted by Crippen LogP contribution is -2.18. The van der Waals surface area contributed by atoms with E-state index in [1.165, 1.54) is 12.1 Å². The summed E-state index contributed by atoms with van der Waals surface area (Å²) in [5, 5.41) is 11.7. The number of ether oxygens (including phenoxy) is 1. The molecule has 0 fully saturated rings. The smallest absolute Gasteiger partial charge is 0.411 e. The fourth-order valence-corrected chi connectivity index (χ4v) is 1.24. The molecule has 0 saturated heterocycles. The second-order valence-electron chi connectivity index (χ2n) is 3.38. The fraction of sp³-hybridized carbons (Fsp3) is 0.273. The van der Waals surface area contributed by atoms with E-state index in [-0.39, 0.29) is 6.10 Å². The fourth-order valence-electron chi connectivity index (χ4n) is 1.07. The minimum absolute atomic E-state index is 0.218. The number of halogens is 1. The monoisotopic (exact) mass is 238 g/mol. The van der Waals surface area contributed by atoms with Crippen molar-refractivity contribution in [3.05, 3.63) is 28.8 Å². The third-order valence-electron chi connectivity index (χ3n) is 1.68. The Kier molecular flexibility index (Phi) is 4.15. The van der Waals surface area contributed by atoms with Crippen LogP contribution in [0.5, 0.6) is 0 Å². The van der Waals surface area contributed by atoms with Gasteiger partial charge in [0.15, 0.2) is 0 Å². The molecule has 1 aromatic carbocycles. The summed E-state index contributed by atoms with van der Waals surface area (Å²) in [6.45, 7) is 3.48. The molecule has 1 aromatic rings. The van der Waals surface area contributed by atoms with Crippen molar-refractivity contribution in [2.24, 2.45) is 0 Å². The topological polar surface area (TPSA) is 62.1 Å². The first-order chi connectivity index (χ1) is 7.52. The molecule has 84 valence electrons. The van der Waals surface area contributed by atoms with E-state index in [2.05, 4.69) is 5.32 Å². The molecule has 4 nitrogen and oxygen atoms in total. The Labute approximate surface area is 98.8 Å². The summed E-state index contributed by atoms with van der Waals surface area (Å²) in [5.74, 6) is 0. The van der Waals surface area contributed by atoms with Crippen LogP contribution in [0.1, 0.15) is 19.4 Å². The minimum Gasteiger partial charge on any atom is -0.447 e. The van der Waals surface area contributed by atoms with Crippen LogP contribution in [0, 0.1) is 11.3 Å². The zero-order valence-electron chi connectivity index (χ0n) is 8.95. The van der Waals surface area contributed by atoms with Crippen molar-refractivity contribution >= 4 is 23.4 Å². The third-order valence-corrected chi connectivity index (χ3v) is 1.92. The summed E-state index contributed by atoms with van der Waals surface area (Å²) in [4.78, 5) is 11.3. The maximum atomic E-state index is 11.3. The molecule has 0 saturated carbocycles. The van der Waals surface area contributed by atoms with Crippen molar-refractivity contribution < 1.29 is 9.53 Å². The molecule has 1 amide bonds. The van der Waals surface area contributed by atoms with E-state index < -0.39 is 6.09 Å². The van der Waals surface area contributed by atoms with Gasteiger partial charge in [-0.15, -0.1) is 0 Å². The molecule has 0 aliphatic heterocycles. The summed E-state index contributed by atoms with van der Waals surface area (Å²) >= 11 is 5.76. The van der Waals surface area contributed by atoms with Gasteiger partial charge >= 0.3 is 6.09 Å². The third kappa shape index (κ3) is 3.44. The number of benzene rings is 1. The zero-order valence-corrected chi connectivity index (χ0v) is 9.71. The summed E-state index contributed by atoms with van der Waals surface area (Å²) in [5.41, 5.74) is 0.686. The summed E-state index contributed by atoms with van der Waals surface area (Å²) < 4.78 is 4.89. The van der Waals surface area contributed by atoms with Crippen LogP contribution in [0.2, 0.25) is 5.02 Å². The highest BCUT2D eigenvalue weighted by molar-refractivity contribution is 6.31. The molecule has 0 unspecified atom stereocenters. The van der Waals surface area contributed by atoms with E-state index in [9.17, 15) is 4.79 Å². The lowest BCUT2D eigenvalue weighted by molar-refractivity contribution is 0.130. The van der Waals surface area contributed by atoms with Crippen molar-refractivity contribution in [3.8, 4) is 6.07 Å². The maximum absolute atomic E-state index is 11.3. The molecular formula is C11H11ClN2O2. The molecule has 1 N–H and O–H groups in total. The molecule has 0 aliphatic carbocycles. The molecule has 1 rings (SSSR count). The number of carbonyl (C=O) groups is 1. The van der Waals surface area contributed by atoms with E-state index in [1.54, 1.807) is 19.9 Å². The van der Waals surface area contributed by atoms with Gasteiger partial charge in [-0.1, -0.05) is 11.6 Å². The quantitative estimate of drug-likeness (QED) is 0.861. The molecule has 5 heteroatoms. The first-order valence-electron chi connectivity index (χ1n) is 4.70. The van der Waals surface area contributed by atoms with Gasteiger partial charge in [0.1, 0.15) is 6.07 Å². The van der Waals surface area contributed by atoms with Crippen LogP contribution in [0.4, 0.5) is 10.5 Å². The summed E-state index contributed by atoms with van der Waals surface area (Å²) in [6.07, 6.45) is -0.821. The second-order valence-corrected chi connectivity index (χ2v) is 3.82. The van der Waals surface area contributed by atoms with Crippen LogP contribution in [0.15, 0.2) is 18.2 Å². The Balaban J connectivity index is 2.84. The zero-order chi connectivity index (χ0) is 12.1. The number of rotatable bonds is 2. The lowest BCUT2D eigenvalue weighted by Gasteiger charge is -2.10. The number of hydrogen-bond acceptors (Lipinski definition) is 3. The number of carbonyl (C=O) groups excluding carboxylic acids is 1. The number of hydrogen-bond donors (Lipinski definition) is 1. The number of amides is 1. The van der Waals surface area contributed by atoms with Crippen LogP contribution >= 0.6 is 11.6 Å². The Bertz CT molecular complexity index is 438. The van der Waals surface area contributed by atoms with Crippen LogP contribution < -0.4 is 5.32 Å². The average Bonchev–Trinajstić information content (AvgIpc) is 2.16. The molecule has 0 aromatic heterocycles. The average molecular weight is 239 g/mol. The van der Waals surface area contributed by atoms with E-state index >= 15 is 0 Å². The van der Waals surface area contributed by atoms with Gasteiger partial charge in [-0.05, 0) is 32.0 Å². The minimum atomic E-state index is -0.603. The van der Waals surface area contributed by atoms with Gasteiger partial charge < -0.3 is 4.74 Å². The van der Waals surface area contributed by atoms with Gasteiger partial charge in [-0.25, -0.2) is 4.79 Å². The van der Waals surface area contributed by atoms with Gasteiger partial charge in [0, 0.05) is 5.02 Å². The largest absolute Gasteiger partial charge is 0.447 e. The Morgan fingerprint density at radius 1 is 1.56 bits per heavy atom. The molecule has 0 radical (unpaired) electrons. The normalized spacial score (nSPS) is 9.69. The van der Waals surface area contributed by atoms with Crippen molar-refractivity contribution in [3.63, 3.8) is 0 Å². The predicted molar refractivity (Wildman–Crippen MR) is 61.4 cm³/mol. The Hall–Kier alpha value is -1.73. The molecule has 0 heterocycles. The molecule has 0 atom stereocenters. The molecule has 0 spiro atoms. The maximum Gasteiger partial charge on any atom is 0.411 e. The highest BCUT2D eigenvalue weighted by atomic mass is 35.5. The van der Waals surface area contributed by atoms with Gasteiger partial charge in [0.2, 0.25) is 0 Å². The van der Waals surface area contributed by atoms with Crippen LogP contribution in [-0.4, -0.2) is 12.2 Å². The van der Waals surface area contributed by atoms with Crippen molar-refractivity contribution in [2.75, 3.05) is 5.32 Å². The molecule has 0 bridgehead atoms. The number of nitrogens with one attached hydrogen (secondary N) is 1. The summed E-state index contributed by atoms with van der Waals surface area (Å²) in [6, 6.07) is 6.57. The highest BCUT2D eigenvalue weighted by Gasteiger charge is 2.09. The first-order valence-corrected chi connectivity index (χ1v) is 5.08. The van der Waals surface area contributed by atoms with Gasteiger partial charge in [0.25, 0.3) is 0 Å².